The van der Waals surface area contributed by atoms with Crippen molar-refractivity contribution in [3.63, 3.8) is 0 Å². The lowest BCUT2D eigenvalue weighted by atomic mass is 10.1. The highest BCUT2D eigenvalue weighted by Gasteiger charge is 2.21. The second-order valence-electron chi connectivity index (χ2n) is 19.2. The van der Waals surface area contributed by atoms with Crippen LogP contribution in [0.2, 0.25) is 0 Å². The molecule has 0 amide bonds. The van der Waals surface area contributed by atoms with E-state index in [0.717, 1.165) is 128 Å². The molecule has 0 fully saturated rings. The van der Waals surface area contributed by atoms with Crippen molar-refractivity contribution < 1.29 is 42.1 Å². The average Bonchev–Trinajstić information content (AvgIpc) is 3.34. The Balaban J connectivity index is 4.21. The van der Waals surface area contributed by atoms with E-state index in [9.17, 15) is 19.0 Å². The van der Waals surface area contributed by atoms with Gasteiger partial charge in [0.2, 0.25) is 0 Å². The number of rotatable bonds is 49. The molecule has 0 N–H and O–H groups in total. The summed E-state index contributed by atoms with van der Waals surface area (Å²) in [6.07, 6.45) is 74.9. The maximum atomic E-state index is 12.8. The topological polar surface area (TPSA) is 111 Å². The fourth-order valence-corrected chi connectivity index (χ4v) is 7.65. The number of likely N-dealkylation sites (N-methyl/N-ethyl adjacent to an activating group) is 1. The number of phosphoric acid groups is 1. The van der Waals surface area contributed by atoms with E-state index >= 15 is 0 Å². The van der Waals surface area contributed by atoms with Crippen molar-refractivity contribution in [1.29, 1.82) is 0 Å². The number of carbonyl (C=O) groups is 2. The van der Waals surface area contributed by atoms with Gasteiger partial charge in [-0.3, -0.25) is 14.2 Å². The maximum Gasteiger partial charge on any atom is 0.306 e. The lowest BCUT2D eigenvalue weighted by molar-refractivity contribution is -0.870. The molecular weight excluding hydrogens is 918 g/mol. The van der Waals surface area contributed by atoms with Crippen LogP contribution < -0.4 is 4.89 Å². The Morgan fingerprint density at radius 2 is 0.750 bits per heavy atom. The molecule has 0 aromatic carbocycles. The Hall–Kier alpha value is -3.85. The van der Waals surface area contributed by atoms with Crippen LogP contribution in [0, 0.1) is 0 Å². The van der Waals surface area contributed by atoms with E-state index in [0.29, 0.717) is 23.9 Å². The SMILES string of the molecule is CC/C=C\C/C=C\C/C=C\C/C=C\C/C=C\C/C=C\C/C=C\C/C=C\CCCCCCCCCCC(=O)OC(COC(=O)CCCCCCC/C=C\C/C=C\C/C=C\CC)COP(=O)([O-])OCC[N+](C)(C)C. The van der Waals surface area contributed by atoms with Crippen LogP contribution in [0.25, 0.3) is 0 Å². The molecule has 9 nitrogen and oxygen atoms in total. The quantitative estimate of drug-likeness (QED) is 0.0195. The van der Waals surface area contributed by atoms with Crippen LogP contribution >= 0.6 is 7.82 Å². The molecule has 0 spiro atoms. The predicted molar refractivity (Wildman–Crippen MR) is 304 cm³/mol. The van der Waals surface area contributed by atoms with Gasteiger partial charge in [0, 0.05) is 12.8 Å². The minimum atomic E-state index is -4.65. The van der Waals surface area contributed by atoms with Crippen molar-refractivity contribution >= 4 is 19.8 Å². The zero-order valence-electron chi connectivity index (χ0n) is 46.1. The van der Waals surface area contributed by atoms with Gasteiger partial charge in [-0.1, -0.05) is 205 Å². The van der Waals surface area contributed by atoms with Gasteiger partial charge in [0.05, 0.1) is 27.7 Å². The largest absolute Gasteiger partial charge is 0.756 e. The summed E-state index contributed by atoms with van der Waals surface area (Å²) in [7, 11) is 1.13. The summed E-state index contributed by atoms with van der Waals surface area (Å²) in [5.74, 6) is -0.874. The smallest absolute Gasteiger partial charge is 0.306 e. The van der Waals surface area contributed by atoms with Crippen LogP contribution in [0.1, 0.15) is 194 Å². The second kappa shape index (κ2) is 52.0. The zero-order chi connectivity index (χ0) is 52.7. The Labute approximate surface area is 441 Å². The number of nitrogens with zero attached hydrogens (tertiary/aromatic N) is 1. The molecule has 0 aliphatic heterocycles. The van der Waals surface area contributed by atoms with Crippen LogP contribution in [0.5, 0.6) is 0 Å². The van der Waals surface area contributed by atoms with E-state index in [1.807, 2.05) is 21.1 Å². The fourth-order valence-electron chi connectivity index (χ4n) is 6.92. The summed E-state index contributed by atoms with van der Waals surface area (Å²) >= 11 is 0. The van der Waals surface area contributed by atoms with Crippen LogP contribution in [-0.2, 0) is 32.7 Å². The van der Waals surface area contributed by atoms with E-state index in [1.165, 1.54) is 25.7 Å². The summed E-state index contributed by atoms with van der Waals surface area (Å²) < 4.78 is 34.0. The van der Waals surface area contributed by atoms with Crippen molar-refractivity contribution in [2.75, 3.05) is 47.5 Å². The number of unbranched alkanes of at least 4 members (excludes halogenated alkanes) is 13. The van der Waals surface area contributed by atoms with Crippen molar-refractivity contribution in [2.45, 2.75) is 200 Å². The molecule has 2 unspecified atom stereocenters. The summed E-state index contributed by atoms with van der Waals surface area (Å²) in [4.78, 5) is 37.8. The van der Waals surface area contributed by atoms with Crippen LogP contribution in [0.3, 0.4) is 0 Å². The second-order valence-corrected chi connectivity index (χ2v) is 20.6. The summed E-state index contributed by atoms with van der Waals surface area (Å²) in [5.41, 5.74) is 0. The molecule has 2 atom stereocenters. The van der Waals surface area contributed by atoms with Crippen LogP contribution in [0.15, 0.2) is 134 Å². The third kappa shape index (κ3) is 55.5. The normalized spacial score (nSPS) is 14.4. The van der Waals surface area contributed by atoms with E-state index in [4.69, 9.17) is 18.5 Å². The third-order valence-electron chi connectivity index (χ3n) is 11.2. The van der Waals surface area contributed by atoms with E-state index in [1.54, 1.807) is 0 Å². The molecule has 0 radical (unpaired) electrons. The molecule has 0 bridgehead atoms. The molecular formula is C62H102NO8P. The lowest BCUT2D eigenvalue weighted by Gasteiger charge is -2.28. The highest BCUT2D eigenvalue weighted by atomic mass is 31.2. The number of carbonyl (C=O) groups excluding carboxylic acids is 2. The van der Waals surface area contributed by atoms with Gasteiger partial charge in [0.1, 0.15) is 19.8 Å². The summed E-state index contributed by atoms with van der Waals surface area (Å²) in [6, 6.07) is 0. The van der Waals surface area contributed by atoms with Crippen LogP contribution in [-0.4, -0.2) is 70.0 Å². The number of ether oxygens (including phenoxy) is 2. The number of allylic oxidation sites excluding steroid dienone is 22. The van der Waals surface area contributed by atoms with Gasteiger partial charge in [-0.05, 0) is 109 Å². The molecule has 0 aliphatic carbocycles. The third-order valence-corrected chi connectivity index (χ3v) is 12.1. The number of quaternary nitrogens is 1. The molecule has 0 aromatic rings. The molecule has 0 aromatic heterocycles. The first-order valence-electron chi connectivity index (χ1n) is 27.9. The summed E-state index contributed by atoms with van der Waals surface area (Å²) in [6.45, 7) is 3.95. The first-order valence-corrected chi connectivity index (χ1v) is 29.4. The van der Waals surface area contributed by atoms with Crippen LogP contribution in [0.4, 0.5) is 0 Å². The van der Waals surface area contributed by atoms with Crippen molar-refractivity contribution in [3.05, 3.63) is 134 Å². The van der Waals surface area contributed by atoms with Crippen molar-refractivity contribution in [1.82, 2.24) is 0 Å². The van der Waals surface area contributed by atoms with E-state index in [-0.39, 0.29) is 26.1 Å². The lowest BCUT2D eigenvalue weighted by Crippen LogP contribution is -2.37. The molecule has 10 heteroatoms. The van der Waals surface area contributed by atoms with Crippen molar-refractivity contribution in [3.8, 4) is 0 Å². The monoisotopic (exact) mass is 1020 g/mol. The molecule has 0 heterocycles. The standard InChI is InChI=1S/C62H102NO8P/c1-6-8-10-12-14-16-18-20-22-23-24-25-26-27-28-29-30-31-32-33-34-35-36-37-38-39-41-43-45-47-49-51-53-55-62(65)71-60(59-70-72(66,67)69-57-56-63(3,4)5)58-68-61(64)54-52-50-48-46-44-42-40-21-19-17-15-13-11-9-7-2/h8-11,14-17,20-22,24-25,27-28,30-31,33-34,36-37,40,60H,6-7,12-13,18-19,23,26,29,32,35,38-39,41-59H2,1-5H3/b10-8-,11-9-,16-14-,17-15-,22-20-,25-24-,28-27-,31-30-,34-33-,37-36-,40-21-. The first kappa shape index (κ1) is 68.2. The minimum Gasteiger partial charge on any atom is -0.756 e. The molecule has 0 saturated carbocycles. The average molecular weight is 1020 g/mol. The van der Waals surface area contributed by atoms with Gasteiger partial charge in [-0.15, -0.1) is 0 Å². The molecule has 0 aliphatic rings. The van der Waals surface area contributed by atoms with Gasteiger partial charge in [-0.2, -0.15) is 0 Å². The Kier molecular flexibility index (Phi) is 49.2. The molecule has 408 valence electrons. The zero-order valence-corrected chi connectivity index (χ0v) is 47.0. The van der Waals surface area contributed by atoms with E-state index in [2.05, 4.69) is 148 Å². The highest BCUT2D eigenvalue weighted by molar-refractivity contribution is 7.45. The summed E-state index contributed by atoms with van der Waals surface area (Å²) in [5, 5.41) is 0. The molecule has 0 rings (SSSR count). The Morgan fingerprint density at radius 1 is 0.431 bits per heavy atom. The van der Waals surface area contributed by atoms with Gasteiger partial charge in [0.15, 0.2) is 6.10 Å². The van der Waals surface area contributed by atoms with E-state index < -0.39 is 32.5 Å². The van der Waals surface area contributed by atoms with Gasteiger partial charge in [0.25, 0.3) is 7.82 Å². The first-order chi connectivity index (χ1) is 35.0. The maximum absolute atomic E-state index is 12.8. The highest BCUT2D eigenvalue weighted by Crippen LogP contribution is 2.38. The molecule has 0 saturated heterocycles. The minimum absolute atomic E-state index is 0.0431. The Bertz CT molecular complexity index is 1670. The van der Waals surface area contributed by atoms with Gasteiger partial charge in [-0.25, -0.2) is 0 Å². The van der Waals surface area contributed by atoms with Gasteiger partial charge >= 0.3 is 11.9 Å². The number of hydrogen-bond acceptors (Lipinski definition) is 8. The fraction of sp³-hybridized carbons (Fsp3) is 0.613. The Morgan fingerprint density at radius 3 is 1.11 bits per heavy atom. The number of hydrogen-bond donors (Lipinski definition) is 0. The van der Waals surface area contributed by atoms with Crippen molar-refractivity contribution in [2.24, 2.45) is 0 Å². The number of esters is 2. The number of phosphoric ester groups is 1. The predicted octanol–water partition coefficient (Wildman–Crippen LogP) is 16.7. The molecule has 72 heavy (non-hydrogen) atoms. The van der Waals surface area contributed by atoms with Gasteiger partial charge < -0.3 is 27.9 Å².